The minimum absolute atomic E-state index is 0.0932. The molecular formula is C15H20BrFN2O. The van der Waals surface area contributed by atoms with Crippen LogP contribution in [0, 0.1) is 5.82 Å². The molecule has 1 N–H and O–H groups in total. The lowest BCUT2D eigenvalue weighted by atomic mass is 10.1. The Morgan fingerprint density at radius 2 is 2.15 bits per heavy atom. The number of carbonyl (C=O) groups excluding carboxylic acids is 1. The minimum Gasteiger partial charge on any atom is -0.350 e. The molecule has 1 fully saturated rings. The van der Waals surface area contributed by atoms with Gasteiger partial charge >= 0.3 is 0 Å². The normalized spacial score (nSPS) is 17.1. The van der Waals surface area contributed by atoms with Crippen molar-refractivity contribution in [2.75, 3.05) is 19.6 Å². The molecule has 0 spiro atoms. The molecule has 0 aliphatic carbocycles. The standard InChI is InChI=1S/C15H20BrFN2O/c1-2-12(19-7-3-4-8-19)10-18-15(20)13-9-11(16)5-6-14(13)17/h5-6,9,12H,2-4,7-8,10H2,1H3,(H,18,20)/t12-/m1/s1. The average Bonchev–Trinajstić information content (AvgIpc) is 2.96. The Bertz CT molecular complexity index is 475. The summed E-state index contributed by atoms with van der Waals surface area (Å²) >= 11 is 3.26. The number of amides is 1. The van der Waals surface area contributed by atoms with Crippen LogP contribution in [0.25, 0.3) is 0 Å². The zero-order chi connectivity index (χ0) is 14.5. The molecule has 1 saturated heterocycles. The van der Waals surface area contributed by atoms with Crippen molar-refractivity contribution in [3.05, 3.63) is 34.1 Å². The molecule has 2 rings (SSSR count). The van der Waals surface area contributed by atoms with Crippen molar-refractivity contribution in [3.63, 3.8) is 0 Å². The first kappa shape index (κ1) is 15.4. The zero-order valence-electron chi connectivity index (χ0n) is 11.7. The quantitative estimate of drug-likeness (QED) is 0.891. The van der Waals surface area contributed by atoms with Crippen molar-refractivity contribution in [1.82, 2.24) is 10.2 Å². The maximum Gasteiger partial charge on any atom is 0.254 e. The second-order valence-corrected chi connectivity index (χ2v) is 6.06. The Kier molecular flexibility index (Phi) is 5.54. The molecule has 1 amide bonds. The van der Waals surface area contributed by atoms with Gasteiger partial charge in [0.1, 0.15) is 5.82 Å². The van der Waals surface area contributed by atoms with E-state index in [-0.39, 0.29) is 11.5 Å². The molecule has 0 unspecified atom stereocenters. The molecule has 1 aliphatic heterocycles. The van der Waals surface area contributed by atoms with Crippen molar-refractivity contribution in [3.8, 4) is 0 Å². The molecule has 0 radical (unpaired) electrons. The van der Waals surface area contributed by atoms with Crippen LogP contribution < -0.4 is 5.32 Å². The van der Waals surface area contributed by atoms with Gasteiger partial charge in [0.15, 0.2) is 0 Å². The highest BCUT2D eigenvalue weighted by Gasteiger charge is 2.21. The van der Waals surface area contributed by atoms with Gasteiger partial charge in [0.2, 0.25) is 0 Å². The Morgan fingerprint density at radius 1 is 1.45 bits per heavy atom. The van der Waals surface area contributed by atoms with Gasteiger partial charge in [-0.2, -0.15) is 0 Å². The highest BCUT2D eigenvalue weighted by atomic mass is 79.9. The SMILES string of the molecule is CC[C@H](CNC(=O)c1cc(Br)ccc1F)N1CCCC1. The van der Waals surface area contributed by atoms with E-state index in [0.29, 0.717) is 17.1 Å². The minimum atomic E-state index is -0.486. The van der Waals surface area contributed by atoms with Gasteiger partial charge in [-0.25, -0.2) is 4.39 Å². The average molecular weight is 343 g/mol. The van der Waals surface area contributed by atoms with Crippen molar-refractivity contribution >= 4 is 21.8 Å². The summed E-state index contributed by atoms with van der Waals surface area (Å²) in [6.45, 7) is 4.88. The van der Waals surface area contributed by atoms with Crippen molar-refractivity contribution in [2.45, 2.75) is 32.2 Å². The molecule has 1 atom stereocenters. The summed E-state index contributed by atoms with van der Waals surface area (Å²) in [6, 6.07) is 4.75. The predicted octanol–water partition coefficient (Wildman–Crippen LogP) is 3.19. The molecule has 1 aliphatic rings. The smallest absolute Gasteiger partial charge is 0.254 e. The first-order chi connectivity index (χ1) is 9.61. The fourth-order valence-corrected chi connectivity index (χ4v) is 2.98. The lowest BCUT2D eigenvalue weighted by Crippen LogP contribution is -2.42. The number of benzene rings is 1. The van der Waals surface area contributed by atoms with Crippen molar-refractivity contribution in [1.29, 1.82) is 0 Å². The molecular weight excluding hydrogens is 323 g/mol. The highest BCUT2D eigenvalue weighted by molar-refractivity contribution is 9.10. The highest BCUT2D eigenvalue weighted by Crippen LogP contribution is 2.16. The summed E-state index contributed by atoms with van der Waals surface area (Å²) in [5.74, 6) is -0.832. The number of hydrogen-bond donors (Lipinski definition) is 1. The lowest BCUT2D eigenvalue weighted by Gasteiger charge is -2.26. The molecule has 0 bridgehead atoms. The first-order valence-electron chi connectivity index (χ1n) is 7.09. The van der Waals surface area contributed by atoms with Gasteiger partial charge < -0.3 is 5.32 Å². The van der Waals surface area contributed by atoms with Crippen LogP contribution in [-0.4, -0.2) is 36.5 Å². The van der Waals surface area contributed by atoms with Crippen LogP contribution in [0.3, 0.4) is 0 Å². The van der Waals surface area contributed by atoms with Crippen LogP contribution in [0.5, 0.6) is 0 Å². The van der Waals surface area contributed by atoms with Crippen LogP contribution in [0.4, 0.5) is 4.39 Å². The van der Waals surface area contributed by atoms with Gasteiger partial charge in [0, 0.05) is 17.1 Å². The molecule has 0 aromatic heterocycles. The van der Waals surface area contributed by atoms with E-state index in [2.05, 4.69) is 33.1 Å². The fraction of sp³-hybridized carbons (Fsp3) is 0.533. The molecule has 1 aromatic carbocycles. The third-order valence-corrected chi connectivity index (χ3v) is 4.29. The number of halogens is 2. The second-order valence-electron chi connectivity index (χ2n) is 5.14. The number of likely N-dealkylation sites (tertiary alicyclic amines) is 1. The van der Waals surface area contributed by atoms with Crippen LogP contribution in [-0.2, 0) is 0 Å². The summed E-state index contributed by atoms with van der Waals surface area (Å²) in [6.07, 6.45) is 3.44. The summed E-state index contributed by atoms with van der Waals surface area (Å²) in [5.41, 5.74) is 0.0932. The van der Waals surface area contributed by atoms with E-state index < -0.39 is 5.82 Å². The molecule has 0 saturated carbocycles. The van der Waals surface area contributed by atoms with E-state index in [0.717, 1.165) is 19.5 Å². The maximum absolute atomic E-state index is 13.6. The van der Waals surface area contributed by atoms with Crippen LogP contribution >= 0.6 is 15.9 Å². The topological polar surface area (TPSA) is 32.3 Å². The summed E-state index contributed by atoms with van der Waals surface area (Å²) in [5, 5.41) is 2.85. The van der Waals surface area contributed by atoms with Crippen LogP contribution in [0.2, 0.25) is 0 Å². The Morgan fingerprint density at radius 3 is 2.80 bits per heavy atom. The van der Waals surface area contributed by atoms with E-state index in [4.69, 9.17) is 0 Å². The van der Waals surface area contributed by atoms with E-state index in [1.807, 2.05) is 0 Å². The van der Waals surface area contributed by atoms with E-state index >= 15 is 0 Å². The van der Waals surface area contributed by atoms with Crippen molar-refractivity contribution in [2.24, 2.45) is 0 Å². The molecule has 110 valence electrons. The van der Waals surface area contributed by atoms with Gasteiger partial charge in [0.25, 0.3) is 5.91 Å². The van der Waals surface area contributed by atoms with Crippen LogP contribution in [0.1, 0.15) is 36.5 Å². The number of hydrogen-bond acceptors (Lipinski definition) is 2. The molecule has 5 heteroatoms. The first-order valence-corrected chi connectivity index (χ1v) is 7.88. The molecule has 1 heterocycles. The van der Waals surface area contributed by atoms with Gasteiger partial charge in [-0.05, 0) is 50.6 Å². The number of nitrogens with zero attached hydrogens (tertiary/aromatic N) is 1. The fourth-order valence-electron chi connectivity index (χ4n) is 2.62. The maximum atomic E-state index is 13.6. The van der Waals surface area contributed by atoms with E-state index in [9.17, 15) is 9.18 Å². The third-order valence-electron chi connectivity index (χ3n) is 3.80. The van der Waals surface area contributed by atoms with E-state index in [1.54, 1.807) is 6.07 Å². The molecule has 1 aromatic rings. The molecule has 3 nitrogen and oxygen atoms in total. The number of nitrogens with one attached hydrogen (secondary N) is 1. The summed E-state index contributed by atoms with van der Waals surface area (Å²) < 4.78 is 14.3. The van der Waals surface area contributed by atoms with Gasteiger partial charge in [-0.15, -0.1) is 0 Å². The second kappa shape index (κ2) is 7.18. The predicted molar refractivity (Wildman–Crippen MR) is 81.3 cm³/mol. The zero-order valence-corrected chi connectivity index (χ0v) is 13.2. The Hall–Kier alpha value is -0.940. The summed E-state index contributed by atoms with van der Waals surface area (Å²) in [4.78, 5) is 14.5. The van der Waals surface area contributed by atoms with Crippen LogP contribution in [0.15, 0.2) is 22.7 Å². The van der Waals surface area contributed by atoms with Gasteiger partial charge in [-0.3, -0.25) is 9.69 Å². The lowest BCUT2D eigenvalue weighted by molar-refractivity contribution is 0.0933. The number of carbonyl (C=O) groups is 1. The largest absolute Gasteiger partial charge is 0.350 e. The van der Waals surface area contributed by atoms with Gasteiger partial charge in [-0.1, -0.05) is 22.9 Å². The number of rotatable bonds is 5. The third kappa shape index (κ3) is 3.79. The Labute approximate surface area is 127 Å². The van der Waals surface area contributed by atoms with Gasteiger partial charge in [0.05, 0.1) is 5.56 Å². The van der Waals surface area contributed by atoms with E-state index in [1.165, 1.54) is 25.0 Å². The van der Waals surface area contributed by atoms with Crippen molar-refractivity contribution < 1.29 is 9.18 Å². The monoisotopic (exact) mass is 342 g/mol. The molecule has 20 heavy (non-hydrogen) atoms. The summed E-state index contributed by atoms with van der Waals surface area (Å²) in [7, 11) is 0. The Balaban J connectivity index is 1.95.